The number of ether oxygens (including phenoxy) is 1. The van der Waals surface area contributed by atoms with E-state index in [1.54, 1.807) is 7.11 Å². The van der Waals surface area contributed by atoms with Crippen LogP contribution in [0.15, 0.2) is 5.16 Å². The number of nitrogens with one attached hydrogen (secondary N) is 2. The van der Waals surface area contributed by atoms with E-state index in [0.29, 0.717) is 32.5 Å². The molecule has 5 N–H and O–H groups in total. The molecule has 0 bridgehead atoms. The molecule has 0 aliphatic heterocycles. The number of carbonyl (C=O) groups is 1. The highest BCUT2D eigenvalue weighted by Gasteiger charge is 2.10. The molecule has 100 valence electrons. The first-order valence-electron chi connectivity index (χ1n) is 5.62. The van der Waals surface area contributed by atoms with Crippen molar-refractivity contribution in [1.29, 1.82) is 0 Å². The van der Waals surface area contributed by atoms with Crippen LogP contribution in [0.1, 0.15) is 19.8 Å². The Kier molecular flexibility index (Phi) is 9.08. The largest absolute Gasteiger partial charge is 0.409 e. The number of nitrogens with zero attached hydrogens (tertiary/aromatic N) is 1. The predicted octanol–water partition coefficient (Wildman–Crippen LogP) is -0.746. The summed E-state index contributed by atoms with van der Waals surface area (Å²) in [4.78, 5) is 11.3. The zero-order chi connectivity index (χ0) is 13.1. The van der Waals surface area contributed by atoms with E-state index in [-0.39, 0.29) is 17.8 Å². The number of nitrogens with two attached hydrogens (primary N) is 1. The third kappa shape index (κ3) is 7.53. The molecule has 0 aromatic carbocycles. The van der Waals surface area contributed by atoms with Gasteiger partial charge in [-0.1, -0.05) is 12.1 Å². The normalized spacial score (nSPS) is 13.4. The van der Waals surface area contributed by atoms with Crippen molar-refractivity contribution in [2.24, 2.45) is 10.9 Å². The Hall–Kier alpha value is -1.34. The van der Waals surface area contributed by atoms with E-state index in [9.17, 15) is 4.79 Å². The van der Waals surface area contributed by atoms with Gasteiger partial charge in [-0.3, -0.25) is 4.79 Å². The van der Waals surface area contributed by atoms with Gasteiger partial charge in [-0.25, -0.2) is 0 Å². The minimum Gasteiger partial charge on any atom is -0.409 e. The molecule has 17 heavy (non-hydrogen) atoms. The summed E-state index contributed by atoms with van der Waals surface area (Å²) in [5.41, 5.74) is 5.46. The first kappa shape index (κ1) is 15.7. The van der Waals surface area contributed by atoms with Crippen LogP contribution in [0.2, 0.25) is 0 Å². The lowest BCUT2D eigenvalue weighted by atomic mass is 10.2. The highest BCUT2D eigenvalue weighted by molar-refractivity contribution is 5.85. The molecule has 1 amide bonds. The summed E-state index contributed by atoms with van der Waals surface area (Å²) < 4.78 is 4.81. The lowest BCUT2D eigenvalue weighted by Gasteiger charge is -2.14. The number of hydrogen-bond donors (Lipinski definition) is 4. The molecule has 0 saturated carbocycles. The van der Waals surface area contributed by atoms with Gasteiger partial charge in [0.2, 0.25) is 5.91 Å². The minimum absolute atomic E-state index is 0.0519. The van der Waals surface area contributed by atoms with Gasteiger partial charge >= 0.3 is 0 Å². The molecule has 0 fully saturated rings. The van der Waals surface area contributed by atoms with Crippen molar-refractivity contribution < 1.29 is 14.7 Å². The van der Waals surface area contributed by atoms with E-state index in [1.807, 2.05) is 6.92 Å². The second-order valence-electron chi connectivity index (χ2n) is 3.53. The Balaban J connectivity index is 3.70. The maximum atomic E-state index is 11.3. The number of amides is 1. The molecule has 0 aromatic heterocycles. The van der Waals surface area contributed by atoms with Crippen LogP contribution in [-0.4, -0.2) is 49.8 Å². The van der Waals surface area contributed by atoms with Gasteiger partial charge in [-0.2, -0.15) is 0 Å². The standard InChI is InChI=1S/C10H22N4O3/c1-3-8(10(11)14-16)12-5-4-9(15)13-6-7-17-2/h8,12,16H,3-7H2,1-2H3,(H2,11,14)(H,13,15). The van der Waals surface area contributed by atoms with Gasteiger partial charge < -0.3 is 26.3 Å². The molecule has 0 spiro atoms. The van der Waals surface area contributed by atoms with Crippen molar-refractivity contribution in [3.8, 4) is 0 Å². The number of methoxy groups -OCH3 is 1. The summed E-state index contributed by atoms with van der Waals surface area (Å²) >= 11 is 0. The maximum absolute atomic E-state index is 11.3. The van der Waals surface area contributed by atoms with Gasteiger partial charge in [0.15, 0.2) is 5.84 Å². The summed E-state index contributed by atoms with van der Waals surface area (Å²) in [5.74, 6) is 0.0798. The molecule has 0 heterocycles. The second-order valence-corrected chi connectivity index (χ2v) is 3.53. The van der Waals surface area contributed by atoms with E-state index >= 15 is 0 Å². The third-order valence-electron chi connectivity index (χ3n) is 2.25. The fourth-order valence-electron chi connectivity index (χ4n) is 1.27. The average Bonchev–Trinajstić information content (AvgIpc) is 2.34. The van der Waals surface area contributed by atoms with Gasteiger partial charge in [0.25, 0.3) is 0 Å². The van der Waals surface area contributed by atoms with Crippen molar-refractivity contribution in [1.82, 2.24) is 10.6 Å². The van der Waals surface area contributed by atoms with Gasteiger partial charge in [-0.15, -0.1) is 0 Å². The third-order valence-corrected chi connectivity index (χ3v) is 2.25. The molecule has 1 atom stereocenters. The zero-order valence-electron chi connectivity index (χ0n) is 10.4. The summed E-state index contributed by atoms with van der Waals surface area (Å²) in [6.45, 7) is 3.40. The molecule has 0 aliphatic carbocycles. The number of hydrogen-bond acceptors (Lipinski definition) is 5. The SMILES string of the molecule is CCC(NCCC(=O)NCCOC)C(N)=NO. The molecule has 0 saturated heterocycles. The fraction of sp³-hybridized carbons (Fsp3) is 0.800. The van der Waals surface area contributed by atoms with E-state index in [4.69, 9.17) is 15.7 Å². The molecule has 0 radical (unpaired) electrons. The Morgan fingerprint density at radius 2 is 2.24 bits per heavy atom. The molecule has 0 aliphatic rings. The summed E-state index contributed by atoms with van der Waals surface area (Å²) in [6.07, 6.45) is 1.04. The quantitative estimate of drug-likeness (QED) is 0.141. The van der Waals surface area contributed by atoms with Crippen LogP contribution in [0.4, 0.5) is 0 Å². The Labute approximate surface area is 101 Å². The van der Waals surface area contributed by atoms with Crippen LogP contribution in [-0.2, 0) is 9.53 Å². The summed E-state index contributed by atoms with van der Waals surface area (Å²) in [5, 5.41) is 17.2. The number of oxime groups is 1. The first-order chi connectivity index (χ1) is 8.15. The molecule has 0 rings (SSSR count). The average molecular weight is 246 g/mol. The predicted molar refractivity (Wildman–Crippen MR) is 65.0 cm³/mol. The smallest absolute Gasteiger partial charge is 0.221 e. The van der Waals surface area contributed by atoms with Gasteiger partial charge in [-0.05, 0) is 6.42 Å². The molecule has 7 heteroatoms. The van der Waals surface area contributed by atoms with E-state index in [1.165, 1.54) is 0 Å². The summed E-state index contributed by atoms with van der Waals surface area (Å²) in [7, 11) is 1.58. The lowest BCUT2D eigenvalue weighted by Crippen LogP contribution is -2.42. The van der Waals surface area contributed by atoms with Crippen LogP contribution in [0.5, 0.6) is 0 Å². The van der Waals surface area contributed by atoms with Crippen molar-refractivity contribution in [2.75, 3.05) is 26.8 Å². The van der Waals surface area contributed by atoms with Gasteiger partial charge in [0.05, 0.1) is 12.6 Å². The monoisotopic (exact) mass is 246 g/mol. The fourth-order valence-corrected chi connectivity index (χ4v) is 1.27. The molecular formula is C10H22N4O3. The molecular weight excluding hydrogens is 224 g/mol. The number of amidine groups is 1. The van der Waals surface area contributed by atoms with Crippen LogP contribution in [0, 0.1) is 0 Å². The highest BCUT2D eigenvalue weighted by atomic mass is 16.5. The Morgan fingerprint density at radius 3 is 2.76 bits per heavy atom. The number of carbonyl (C=O) groups excluding carboxylic acids is 1. The van der Waals surface area contributed by atoms with Gasteiger partial charge in [0, 0.05) is 26.6 Å². The number of rotatable bonds is 9. The van der Waals surface area contributed by atoms with Crippen molar-refractivity contribution in [3.63, 3.8) is 0 Å². The molecule has 7 nitrogen and oxygen atoms in total. The van der Waals surface area contributed by atoms with Crippen molar-refractivity contribution >= 4 is 11.7 Å². The van der Waals surface area contributed by atoms with Crippen LogP contribution in [0.3, 0.4) is 0 Å². The lowest BCUT2D eigenvalue weighted by molar-refractivity contribution is -0.121. The second kappa shape index (κ2) is 9.86. The van der Waals surface area contributed by atoms with E-state index in [2.05, 4.69) is 15.8 Å². The topological polar surface area (TPSA) is 109 Å². The zero-order valence-corrected chi connectivity index (χ0v) is 10.4. The van der Waals surface area contributed by atoms with Crippen LogP contribution < -0.4 is 16.4 Å². The molecule has 1 unspecified atom stereocenters. The molecule has 0 aromatic rings. The van der Waals surface area contributed by atoms with Crippen LogP contribution in [0.25, 0.3) is 0 Å². The van der Waals surface area contributed by atoms with E-state index < -0.39 is 0 Å². The Morgan fingerprint density at radius 1 is 1.53 bits per heavy atom. The Bertz CT molecular complexity index is 246. The van der Waals surface area contributed by atoms with E-state index in [0.717, 1.165) is 0 Å². The van der Waals surface area contributed by atoms with Gasteiger partial charge in [0.1, 0.15) is 0 Å². The maximum Gasteiger partial charge on any atom is 0.221 e. The minimum atomic E-state index is -0.202. The summed E-state index contributed by atoms with van der Waals surface area (Å²) in [6, 6.07) is -0.202. The van der Waals surface area contributed by atoms with Crippen LogP contribution >= 0.6 is 0 Å². The van der Waals surface area contributed by atoms with Crippen molar-refractivity contribution in [3.05, 3.63) is 0 Å². The first-order valence-corrected chi connectivity index (χ1v) is 5.62. The van der Waals surface area contributed by atoms with Crippen molar-refractivity contribution in [2.45, 2.75) is 25.8 Å². The highest BCUT2D eigenvalue weighted by Crippen LogP contribution is 1.91.